The summed E-state index contributed by atoms with van der Waals surface area (Å²) in [6.45, 7) is 9.20. The molecule has 0 spiro atoms. The number of aromatic hydroxyl groups is 1. The number of halogens is 2. The molecule has 1 saturated heterocycles. The quantitative estimate of drug-likeness (QED) is 0.464. The standard InChI is InChI=1S/C22H36N4O4.2ClH/c1-17(2)8-11-24(3)21(28)20(16-18-4-6-19(27)7-5-18)26(22(29)30)15-14-25-12-9-23-10-13-25;;/h4-7,17,20,23,27H,8-16H2,1-3H3,(H,29,30);2*1H/t20-;;/m0../s1. The lowest BCUT2D eigenvalue weighted by Crippen LogP contribution is -2.54. The van der Waals surface area contributed by atoms with Crippen molar-refractivity contribution in [3.63, 3.8) is 0 Å². The zero-order valence-electron chi connectivity index (χ0n) is 19.2. The molecule has 0 aliphatic carbocycles. The number of amides is 2. The first kappa shape index (κ1) is 30.3. The van der Waals surface area contributed by atoms with E-state index < -0.39 is 12.1 Å². The topological polar surface area (TPSA) is 96.4 Å². The van der Waals surface area contributed by atoms with Crippen LogP contribution in [0.1, 0.15) is 25.8 Å². The molecule has 1 aromatic carbocycles. The summed E-state index contributed by atoms with van der Waals surface area (Å²) in [6, 6.07) is 5.79. The molecule has 10 heteroatoms. The molecule has 184 valence electrons. The Kier molecular flexibility index (Phi) is 14.3. The van der Waals surface area contributed by atoms with E-state index in [9.17, 15) is 19.8 Å². The predicted octanol–water partition coefficient (Wildman–Crippen LogP) is 2.54. The predicted molar refractivity (Wildman–Crippen MR) is 131 cm³/mol. The van der Waals surface area contributed by atoms with E-state index >= 15 is 0 Å². The minimum absolute atomic E-state index is 0. The number of carbonyl (C=O) groups is 2. The molecule has 1 aliphatic rings. The number of benzene rings is 1. The molecule has 1 fully saturated rings. The van der Waals surface area contributed by atoms with Crippen molar-refractivity contribution in [3.8, 4) is 5.75 Å². The van der Waals surface area contributed by atoms with E-state index in [4.69, 9.17) is 0 Å². The molecule has 1 aromatic rings. The van der Waals surface area contributed by atoms with Crippen molar-refractivity contribution in [1.82, 2.24) is 20.0 Å². The Morgan fingerprint density at radius 3 is 2.22 bits per heavy atom. The van der Waals surface area contributed by atoms with Crippen LogP contribution in [0, 0.1) is 5.92 Å². The van der Waals surface area contributed by atoms with Crippen LogP contribution in [0.5, 0.6) is 5.75 Å². The molecule has 2 amide bonds. The number of hydrogen-bond donors (Lipinski definition) is 3. The van der Waals surface area contributed by atoms with E-state index in [1.807, 2.05) is 0 Å². The summed E-state index contributed by atoms with van der Waals surface area (Å²) in [6.07, 6.45) is 0.0561. The van der Waals surface area contributed by atoms with Gasteiger partial charge in [-0.05, 0) is 30.0 Å². The van der Waals surface area contributed by atoms with Crippen LogP contribution in [0.2, 0.25) is 0 Å². The Balaban J connectivity index is 0.00000480. The highest BCUT2D eigenvalue weighted by atomic mass is 35.5. The van der Waals surface area contributed by atoms with Crippen LogP contribution in [0.4, 0.5) is 4.79 Å². The highest BCUT2D eigenvalue weighted by Crippen LogP contribution is 2.16. The maximum Gasteiger partial charge on any atom is 0.408 e. The van der Waals surface area contributed by atoms with E-state index in [-0.39, 0.29) is 49.4 Å². The molecule has 1 atom stereocenters. The van der Waals surface area contributed by atoms with Gasteiger partial charge in [0.15, 0.2) is 0 Å². The van der Waals surface area contributed by atoms with Crippen molar-refractivity contribution in [2.45, 2.75) is 32.7 Å². The summed E-state index contributed by atoms with van der Waals surface area (Å²) in [4.78, 5) is 30.6. The number of phenols is 1. The monoisotopic (exact) mass is 492 g/mol. The van der Waals surface area contributed by atoms with Gasteiger partial charge in [0, 0.05) is 59.3 Å². The molecular formula is C22H38Cl2N4O4. The number of hydrogen-bond acceptors (Lipinski definition) is 5. The minimum atomic E-state index is -1.08. The summed E-state index contributed by atoms with van der Waals surface area (Å²) in [7, 11) is 1.74. The van der Waals surface area contributed by atoms with E-state index in [0.717, 1.165) is 38.2 Å². The number of likely N-dealkylation sites (N-methyl/N-ethyl adjacent to an activating group) is 1. The average Bonchev–Trinajstić information content (AvgIpc) is 2.72. The number of carboxylic acid groups (broad SMARTS) is 1. The van der Waals surface area contributed by atoms with Gasteiger partial charge in [-0.3, -0.25) is 14.6 Å². The summed E-state index contributed by atoms with van der Waals surface area (Å²) >= 11 is 0. The second kappa shape index (κ2) is 15.2. The van der Waals surface area contributed by atoms with Crippen molar-refractivity contribution < 1.29 is 19.8 Å². The van der Waals surface area contributed by atoms with Crippen molar-refractivity contribution in [1.29, 1.82) is 0 Å². The summed E-state index contributed by atoms with van der Waals surface area (Å²) in [5.74, 6) is 0.412. The van der Waals surface area contributed by atoms with Gasteiger partial charge in [-0.15, -0.1) is 24.8 Å². The van der Waals surface area contributed by atoms with Gasteiger partial charge in [-0.1, -0.05) is 26.0 Å². The molecule has 0 aromatic heterocycles. The molecule has 1 heterocycles. The fourth-order valence-electron chi connectivity index (χ4n) is 3.57. The smallest absolute Gasteiger partial charge is 0.408 e. The van der Waals surface area contributed by atoms with Gasteiger partial charge in [0.05, 0.1) is 0 Å². The minimum Gasteiger partial charge on any atom is -0.508 e. The van der Waals surface area contributed by atoms with E-state index in [2.05, 4.69) is 24.1 Å². The highest BCUT2D eigenvalue weighted by molar-refractivity contribution is 5.86. The first-order valence-electron chi connectivity index (χ1n) is 10.7. The number of piperazine rings is 1. The molecule has 3 N–H and O–H groups in total. The van der Waals surface area contributed by atoms with Crippen LogP contribution in [0.15, 0.2) is 24.3 Å². The van der Waals surface area contributed by atoms with Gasteiger partial charge in [0.25, 0.3) is 0 Å². The van der Waals surface area contributed by atoms with E-state index in [1.54, 1.807) is 36.2 Å². The van der Waals surface area contributed by atoms with Crippen LogP contribution in [-0.4, -0.2) is 95.8 Å². The maximum atomic E-state index is 13.3. The number of nitrogens with zero attached hydrogens (tertiary/aromatic N) is 3. The second-order valence-corrected chi connectivity index (χ2v) is 8.40. The lowest BCUT2D eigenvalue weighted by molar-refractivity contribution is -0.135. The fourth-order valence-corrected chi connectivity index (χ4v) is 3.57. The molecule has 2 rings (SSSR count). The largest absolute Gasteiger partial charge is 0.508 e. The number of rotatable bonds is 10. The number of nitrogens with one attached hydrogen (secondary N) is 1. The Hall–Kier alpha value is -1.74. The van der Waals surface area contributed by atoms with Gasteiger partial charge in [0.2, 0.25) is 5.91 Å². The highest BCUT2D eigenvalue weighted by Gasteiger charge is 2.32. The van der Waals surface area contributed by atoms with Crippen LogP contribution in [-0.2, 0) is 11.2 Å². The first-order valence-corrected chi connectivity index (χ1v) is 10.7. The SMILES string of the molecule is CC(C)CCN(C)C(=O)[C@H](Cc1ccc(O)cc1)N(CCN1CCNCC1)C(=O)O.Cl.Cl. The molecule has 0 unspecified atom stereocenters. The molecular weight excluding hydrogens is 455 g/mol. The number of carbonyl (C=O) groups excluding carboxylic acids is 1. The summed E-state index contributed by atoms with van der Waals surface area (Å²) in [5, 5.41) is 22.8. The van der Waals surface area contributed by atoms with Crippen LogP contribution in [0.25, 0.3) is 0 Å². The first-order chi connectivity index (χ1) is 14.3. The third kappa shape index (κ3) is 9.81. The third-order valence-electron chi connectivity index (χ3n) is 5.56. The zero-order valence-corrected chi connectivity index (χ0v) is 20.8. The van der Waals surface area contributed by atoms with Gasteiger partial charge in [-0.25, -0.2) is 4.79 Å². The molecule has 8 nitrogen and oxygen atoms in total. The van der Waals surface area contributed by atoms with Crippen LogP contribution >= 0.6 is 24.8 Å². The Bertz CT molecular complexity index is 685. The molecule has 1 aliphatic heterocycles. The molecule has 0 radical (unpaired) electrons. The van der Waals surface area contributed by atoms with Crippen LogP contribution < -0.4 is 5.32 Å². The van der Waals surface area contributed by atoms with E-state index in [1.165, 1.54) is 4.90 Å². The van der Waals surface area contributed by atoms with Crippen molar-refractivity contribution >= 4 is 36.8 Å². The third-order valence-corrected chi connectivity index (χ3v) is 5.56. The second-order valence-electron chi connectivity index (χ2n) is 8.40. The van der Waals surface area contributed by atoms with E-state index in [0.29, 0.717) is 19.0 Å². The van der Waals surface area contributed by atoms with Crippen molar-refractivity contribution in [3.05, 3.63) is 29.8 Å². The number of phenolic OH excluding ortho intramolecular Hbond substituents is 1. The maximum absolute atomic E-state index is 13.3. The molecule has 0 saturated carbocycles. The Labute approximate surface area is 203 Å². The van der Waals surface area contributed by atoms with Crippen molar-refractivity contribution in [2.75, 3.05) is 52.9 Å². The Morgan fingerprint density at radius 2 is 1.69 bits per heavy atom. The lowest BCUT2D eigenvalue weighted by Gasteiger charge is -2.34. The zero-order chi connectivity index (χ0) is 22.1. The summed E-state index contributed by atoms with van der Waals surface area (Å²) < 4.78 is 0. The molecule has 32 heavy (non-hydrogen) atoms. The fraction of sp³-hybridized carbons (Fsp3) is 0.636. The average molecular weight is 493 g/mol. The van der Waals surface area contributed by atoms with Gasteiger partial charge in [-0.2, -0.15) is 0 Å². The lowest BCUT2D eigenvalue weighted by atomic mass is 10.0. The Morgan fingerprint density at radius 1 is 1.09 bits per heavy atom. The van der Waals surface area contributed by atoms with Crippen molar-refractivity contribution in [2.24, 2.45) is 5.92 Å². The van der Waals surface area contributed by atoms with Crippen LogP contribution in [0.3, 0.4) is 0 Å². The van der Waals surface area contributed by atoms with Gasteiger partial charge < -0.3 is 20.4 Å². The normalized spacial score (nSPS) is 14.8. The summed E-state index contributed by atoms with van der Waals surface area (Å²) in [5.41, 5.74) is 0.817. The van der Waals surface area contributed by atoms with Gasteiger partial charge >= 0.3 is 6.09 Å². The van der Waals surface area contributed by atoms with Gasteiger partial charge in [0.1, 0.15) is 11.8 Å². The molecule has 0 bridgehead atoms.